The summed E-state index contributed by atoms with van der Waals surface area (Å²) in [7, 11) is 1.60. The molecule has 0 atom stereocenters. The summed E-state index contributed by atoms with van der Waals surface area (Å²) in [5, 5.41) is 8.65. The number of para-hydroxylation sites is 2. The molecule has 0 unspecified atom stereocenters. The van der Waals surface area contributed by atoms with Gasteiger partial charge in [0.15, 0.2) is 11.5 Å². The highest BCUT2D eigenvalue weighted by Crippen LogP contribution is 2.27. The smallest absolute Gasteiger partial charge is 0.270 e. The molecular formula is C25H26BrN3O4S. The number of nitrogens with zero attached hydrogens (tertiary/aromatic N) is 1. The fourth-order valence-corrected chi connectivity index (χ4v) is 4.98. The van der Waals surface area contributed by atoms with Crippen molar-refractivity contribution >= 4 is 39.1 Å². The molecule has 1 aromatic heterocycles. The van der Waals surface area contributed by atoms with Gasteiger partial charge in [-0.3, -0.25) is 9.59 Å². The van der Waals surface area contributed by atoms with Gasteiger partial charge in [-0.25, -0.2) is 4.98 Å². The van der Waals surface area contributed by atoms with Gasteiger partial charge in [0.1, 0.15) is 17.3 Å². The van der Waals surface area contributed by atoms with Crippen LogP contribution in [-0.2, 0) is 6.61 Å². The van der Waals surface area contributed by atoms with Crippen molar-refractivity contribution in [1.29, 1.82) is 0 Å². The lowest BCUT2D eigenvalue weighted by atomic mass is 9.91. The molecule has 2 aromatic carbocycles. The Hall–Kier alpha value is -2.91. The van der Waals surface area contributed by atoms with Crippen LogP contribution in [0.4, 0.5) is 0 Å². The molecule has 2 amide bonds. The van der Waals surface area contributed by atoms with Crippen molar-refractivity contribution in [1.82, 2.24) is 15.6 Å². The number of benzene rings is 2. The number of hydrogen-bond donors (Lipinski definition) is 2. The Labute approximate surface area is 211 Å². The summed E-state index contributed by atoms with van der Waals surface area (Å²) in [6.07, 6.45) is 3.26. The van der Waals surface area contributed by atoms with Crippen molar-refractivity contribution in [3.8, 4) is 11.5 Å². The van der Waals surface area contributed by atoms with E-state index in [4.69, 9.17) is 9.47 Å². The molecule has 0 aliphatic heterocycles. The minimum Gasteiger partial charge on any atom is -0.493 e. The first-order valence-electron chi connectivity index (χ1n) is 11.1. The Morgan fingerprint density at radius 2 is 1.68 bits per heavy atom. The number of carbonyl (C=O) groups is 2. The standard InChI is InChI=1S/C25H26BrN3O4S/c1-32-21-7-2-3-8-22(21)33-14-23-29-20(15-34-23)25(31)28-19-11-9-18(10-12-19)27-24(30)16-5-4-6-17(26)13-16/h2-8,13,15,18-19H,9-12,14H2,1H3,(H,27,30)(H,28,31). The zero-order chi connectivity index (χ0) is 23.9. The third kappa shape index (κ3) is 6.36. The van der Waals surface area contributed by atoms with Crippen molar-refractivity contribution in [3.05, 3.63) is 74.6 Å². The first-order valence-corrected chi connectivity index (χ1v) is 12.8. The fraction of sp³-hybridized carbons (Fsp3) is 0.320. The van der Waals surface area contributed by atoms with E-state index in [0.717, 1.165) is 35.2 Å². The largest absolute Gasteiger partial charge is 0.493 e. The van der Waals surface area contributed by atoms with E-state index in [0.29, 0.717) is 22.8 Å². The second-order valence-electron chi connectivity index (χ2n) is 8.07. The van der Waals surface area contributed by atoms with E-state index in [-0.39, 0.29) is 30.5 Å². The van der Waals surface area contributed by atoms with E-state index in [2.05, 4.69) is 31.5 Å². The predicted molar refractivity (Wildman–Crippen MR) is 135 cm³/mol. The Morgan fingerprint density at radius 1 is 1.00 bits per heavy atom. The van der Waals surface area contributed by atoms with Gasteiger partial charge in [-0.1, -0.05) is 34.1 Å². The van der Waals surface area contributed by atoms with Crippen molar-refractivity contribution in [2.45, 2.75) is 44.4 Å². The van der Waals surface area contributed by atoms with E-state index in [1.165, 1.54) is 11.3 Å². The van der Waals surface area contributed by atoms with Gasteiger partial charge in [-0.2, -0.15) is 0 Å². The van der Waals surface area contributed by atoms with Gasteiger partial charge in [0, 0.05) is 27.5 Å². The van der Waals surface area contributed by atoms with Crippen LogP contribution < -0.4 is 20.1 Å². The average Bonchev–Trinajstić information content (AvgIpc) is 3.33. The highest BCUT2D eigenvalue weighted by atomic mass is 79.9. The maximum atomic E-state index is 12.7. The second kappa shape index (κ2) is 11.5. The summed E-state index contributed by atoms with van der Waals surface area (Å²) < 4.78 is 12.0. The van der Waals surface area contributed by atoms with E-state index in [1.807, 2.05) is 42.5 Å². The summed E-state index contributed by atoms with van der Waals surface area (Å²) in [6, 6.07) is 14.9. The van der Waals surface area contributed by atoms with Crippen LogP contribution >= 0.6 is 27.3 Å². The highest BCUT2D eigenvalue weighted by Gasteiger charge is 2.25. The van der Waals surface area contributed by atoms with Crippen molar-refractivity contribution in [3.63, 3.8) is 0 Å². The summed E-state index contributed by atoms with van der Waals surface area (Å²) >= 11 is 4.79. The number of nitrogens with one attached hydrogen (secondary N) is 2. The Morgan fingerprint density at radius 3 is 2.35 bits per heavy atom. The number of halogens is 1. The predicted octanol–water partition coefficient (Wildman–Crippen LogP) is 4.96. The zero-order valence-corrected chi connectivity index (χ0v) is 21.2. The van der Waals surface area contributed by atoms with Crippen LogP contribution in [0, 0.1) is 0 Å². The van der Waals surface area contributed by atoms with E-state index >= 15 is 0 Å². The minimum atomic E-state index is -0.179. The van der Waals surface area contributed by atoms with E-state index < -0.39 is 0 Å². The van der Waals surface area contributed by atoms with Crippen LogP contribution in [0.3, 0.4) is 0 Å². The van der Waals surface area contributed by atoms with Gasteiger partial charge in [-0.05, 0) is 56.0 Å². The molecule has 34 heavy (non-hydrogen) atoms. The zero-order valence-electron chi connectivity index (χ0n) is 18.8. The van der Waals surface area contributed by atoms with E-state index in [9.17, 15) is 9.59 Å². The molecule has 7 nitrogen and oxygen atoms in total. The summed E-state index contributed by atoms with van der Waals surface area (Å²) in [6.45, 7) is 0.265. The number of methoxy groups -OCH3 is 1. The summed E-state index contributed by atoms with van der Waals surface area (Å²) in [5.41, 5.74) is 1.03. The van der Waals surface area contributed by atoms with Crippen molar-refractivity contribution in [2.24, 2.45) is 0 Å². The monoisotopic (exact) mass is 543 g/mol. The molecule has 1 heterocycles. The Bertz CT molecular complexity index is 1140. The lowest BCUT2D eigenvalue weighted by Gasteiger charge is -2.29. The molecule has 3 aromatic rings. The van der Waals surface area contributed by atoms with Gasteiger partial charge < -0.3 is 20.1 Å². The normalized spacial score (nSPS) is 17.6. The molecule has 0 spiro atoms. The van der Waals surface area contributed by atoms with Crippen LogP contribution in [0.15, 0.2) is 58.4 Å². The molecule has 0 radical (unpaired) electrons. The SMILES string of the molecule is COc1ccccc1OCc1nc(C(=O)NC2CCC(NC(=O)c3cccc(Br)c3)CC2)cs1. The molecule has 4 rings (SSSR count). The number of amides is 2. The van der Waals surface area contributed by atoms with Gasteiger partial charge in [-0.15, -0.1) is 11.3 Å². The van der Waals surface area contributed by atoms with E-state index in [1.54, 1.807) is 18.6 Å². The molecule has 2 N–H and O–H groups in total. The van der Waals surface area contributed by atoms with Gasteiger partial charge in [0.05, 0.1) is 7.11 Å². The number of ether oxygens (including phenoxy) is 2. The quantitative estimate of drug-likeness (QED) is 0.419. The number of aromatic nitrogens is 1. The topological polar surface area (TPSA) is 89.6 Å². The molecule has 1 saturated carbocycles. The summed E-state index contributed by atoms with van der Waals surface area (Å²) in [4.78, 5) is 29.6. The highest BCUT2D eigenvalue weighted by molar-refractivity contribution is 9.10. The fourth-order valence-electron chi connectivity index (χ4n) is 3.90. The van der Waals surface area contributed by atoms with Crippen LogP contribution in [0.1, 0.15) is 51.5 Å². The lowest BCUT2D eigenvalue weighted by molar-refractivity contribution is 0.0889. The number of rotatable bonds is 8. The number of thiazole rings is 1. The molecule has 0 bridgehead atoms. The third-order valence-corrected chi connectivity index (χ3v) is 7.00. The number of hydrogen-bond acceptors (Lipinski definition) is 6. The van der Waals surface area contributed by atoms with Crippen LogP contribution in [-0.4, -0.2) is 36.0 Å². The summed E-state index contributed by atoms with van der Waals surface area (Å²) in [5.74, 6) is 1.04. The third-order valence-electron chi connectivity index (χ3n) is 5.69. The molecule has 9 heteroatoms. The van der Waals surface area contributed by atoms with Crippen molar-refractivity contribution in [2.75, 3.05) is 7.11 Å². The lowest BCUT2D eigenvalue weighted by Crippen LogP contribution is -2.43. The molecule has 0 saturated heterocycles. The molecular weight excluding hydrogens is 518 g/mol. The Balaban J connectivity index is 1.23. The molecule has 1 fully saturated rings. The average molecular weight is 544 g/mol. The maximum absolute atomic E-state index is 12.7. The molecule has 1 aliphatic rings. The number of carbonyl (C=O) groups excluding carboxylic acids is 2. The van der Waals surface area contributed by atoms with Gasteiger partial charge in [0.2, 0.25) is 0 Å². The van der Waals surface area contributed by atoms with Crippen molar-refractivity contribution < 1.29 is 19.1 Å². The van der Waals surface area contributed by atoms with Gasteiger partial charge in [0.25, 0.3) is 11.8 Å². The Kier molecular flexibility index (Phi) is 8.18. The minimum absolute atomic E-state index is 0.0703. The maximum Gasteiger partial charge on any atom is 0.270 e. The first kappa shape index (κ1) is 24.2. The van der Waals surface area contributed by atoms with Crippen LogP contribution in [0.5, 0.6) is 11.5 Å². The molecule has 178 valence electrons. The molecule has 1 aliphatic carbocycles. The second-order valence-corrected chi connectivity index (χ2v) is 9.93. The first-order chi connectivity index (χ1) is 16.5. The van der Waals surface area contributed by atoms with Crippen LogP contribution in [0.25, 0.3) is 0 Å². The van der Waals surface area contributed by atoms with Crippen LogP contribution in [0.2, 0.25) is 0 Å². The van der Waals surface area contributed by atoms with Gasteiger partial charge >= 0.3 is 0 Å².